The Morgan fingerprint density at radius 3 is 2.40 bits per heavy atom. The lowest BCUT2D eigenvalue weighted by Gasteiger charge is -2.07. The van der Waals surface area contributed by atoms with Crippen LogP contribution in [0.3, 0.4) is 0 Å². The van der Waals surface area contributed by atoms with Gasteiger partial charge in [-0.25, -0.2) is 0 Å². The fourth-order valence-electron chi connectivity index (χ4n) is 0.767. The topological polar surface area (TPSA) is 57.5 Å². The number of nitrogens with one attached hydrogen (secondary N) is 1. The summed E-state index contributed by atoms with van der Waals surface area (Å²) in [6, 6.07) is 8.83. The zero-order valence-corrected chi connectivity index (χ0v) is 5.15. The van der Waals surface area contributed by atoms with Crippen molar-refractivity contribution in [1.82, 2.24) is 10.5 Å². The summed E-state index contributed by atoms with van der Waals surface area (Å²) >= 11 is 0. The molecule has 4 nitrogen and oxygen atoms in total. The molecule has 2 rings (SSSR count). The van der Waals surface area contributed by atoms with Crippen LogP contribution in [0, 0.1) is 5.21 Å². The van der Waals surface area contributed by atoms with Crippen molar-refractivity contribution in [3.8, 4) is 0 Å². The minimum absolute atomic E-state index is 0.558. The summed E-state index contributed by atoms with van der Waals surface area (Å²) in [7, 11) is 0. The van der Waals surface area contributed by atoms with E-state index in [0.717, 1.165) is 0 Å². The van der Waals surface area contributed by atoms with Crippen LogP contribution in [0.2, 0.25) is 0 Å². The first-order valence-electron chi connectivity index (χ1n) is 2.93. The molecular weight excluding hydrogens is 132 g/mol. The first-order chi connectivity index (χ1) is 4.81. The molecule has 0 spiro atoms. The number of para-hydroxylation sites is 1. The van der Waals surface area contributed by atoms with Crippen molar-refractivity contribution in [2.24, 2.45) is 0 Å². The van der Waals surface area contributed by atoms with Crippen molar-refractivity contribution in [2.45, 2.75) is 0 Å². The van der Waals surface area contributed by atoms with Crippen molar-refractivity contribution >= 4 is 5.69 Å². The normalized spacial score (nSPS) is 30.1. The first-order valence-corrected chi connectivity index (χ1v) is 2.93. The molecule has 1 heterocycles. The maximum absolute atomic E-state index is 11.0. The molecule has 0 radical (unpaired) electrons. The third kappa shape index (κ3) is 0.795. The van der Waals surface area contributed by atoms with Crippen LogP contribution in [0.25, 0.3) is 0 Å². The number of hydrogen-bond donors (Lipinski definition) is 1. The van der Waals surface area contributed by atoms with E-state index in [-0.39, 0.29) is 0 Å². The number of quaternary nitrogens is 1. The van der Waals surface area contributed by atoms with Gasteiger partial charge in [-0.2, -0.15) is 0 Å². The second-order valence-corrected chi connectivity index (χ2v) is 2.07. The van der Waals surface area contributed by atoms with E-state index in [1.54, 1.807) is 24.3 Å². The summed E-state index contributed by atoms with van der Waals surface area (Å²) in [6.07, 6.45) is 0. The zero-order chi connectivity index (χ0) is 7.03. The molecule has 0 saturated carbocycles. The summed E-state index contributed by atoms with van der Waals surface area (Å²) < 4.78 is 0. The molecule has 10 heavy (non-hydrogen) atoms. The lowest BCUT2D eigenvalue weighted by atomic mass is 10.3. The maximum atomic E-state index is 11.0. The molecule has 1 aliphatic rings. The largest absolute Gasteiger partial charge is 0.569 e. The highest BCUT2D eigenvalue weighted by Gasteiger charge is 2.39. The molecule has 1 atom stereocenters. The Hall–Kier alpha value is -0.940. The van der Waals surface area contributed by atoms with Gasteiger partial charge in [0.05, 0.1) is 5.59 Å². The highest BCUT2D eigenvalue weighted by molar-refractivity contribution is 5.41. The van der Waals surface area contributed by atoms with Gasteiger partial charge in [0.2, 0.25) is 0 Å². The second-order valence-electron chi connectivity index (χ2n) is 2.07. The van der Waals surface area contributed by atoms with Gasteiger partial charge >= 0.3 is 0 Å². The van der Waals surface area contributed by atoms with Crippen molar-refractivity contribution in [3.63, 3.8) is 0 Å². The fourth-order valence-corrected chi connectivity index (χ4v) is 0.767. The van der Waals surface area contributed by atoms with Gasteiger partial charge in [-0.15, -0.1) is 0 Å². The second kappa shape index (κ2) is 1.77. The minimum Gasteiger partial charge on any atom is -0.569 e. The van der Waals surface area contributed by atoms with Crippen molar-refractivity contribution < 1.29 is 4.94 Å². The molecule has 0 unspecified atom stereocenters. The van der Waals surface area contributed by atoms with Crippen LogP contribution in [-0.4, -0.2) is 0 Å². The van der Waals surface area contributed by atoms with Gasteiger partial charge in [0.1, 0.15) is 0 Å². The van der Waals surface area contributed by atoms with Crippen LogP contribution in [-0.2, 0) is 4.94 Å². The van der Waals surface area contributed by atoms with E-state index in [2.05, 4.69) is 10.5 Å². The Morgan fingerprint density at radius 2 is 1.90 bits per heavy atom. The molecule has 1 fully saturated rings. The Bertz CT molecular complexity index is 233. The first kappa shape index (κ1) is 5.82. The van der Waals surface area contributed by atoms with Crippen LogP contribution in [0.5, 0.6) is 0 Å². The average Bonchev–Trinajstić information content (AvgIpc) is 2.72. The molecule has 4 heteroatoms. The van der Waals surface area contributed by atoms with E-state index in [4.69, 9.17) is 0 Å². The zero-order valence-electron chi connectivity index (χ0n) is 5.15. The van der Waals surface area contributed by atoms with E-state index in [9.17, 15) is 5.21 Å². The van der Waals surface area contributed by atoms with Crippen molar-refractivity contribution in [3.05, 3.63) is 35.5 Å². The third-order valence-electron chi connectivity index (χ3n) is 1.35. The van der Waals surface area contributed by atoms with Gasteiger partial charge in [-0.3, -0.25) is 0 Å². The highest BCUT2D eigenvalue weighted by Crippen LogP contribution is 2.25. The third-order valence-corrected chi connectivity index (χ3v) is 1.35. The summed E-state index contributed by atoms with van der Waals surface area (Å²) in [5.74, 6) is 0. The Balaban J connectivity index is 2.35. The van der Waals surface area contributed by atoms with Gasteiger partial charge in [0.25, 0.3) is 0 Å². The molecule has 1 N–H and O–H groups in total. The monoisotopic (exact) mass is 138 g/mol. The molecule has 0 amide bonds. The predicted octanol–water partition coefficient (Wildman–Crippen LogP) is 0.856. The molecule has 1 aromatic carbocycles. The van der Waals surface area contributed by atoms with Crippen molar-refractivity contribution in [2.75, 3.05) is 0 Å². The summed E-state index contributed by atoms with van der Waals surface area (Å²) in [5.41, 5.74) is 2.77. The quantitative estimate of drug-likeness (QED) is 0.355. The Morgan fingerprint density at radius 1 is 1.30 bits per heavy atom. The standard InChI is InChI=1S/C6H6N2O2/c9-8(7-10-8)6-4-2-1-3-5-6/h1-5,7H/t8-/m1/s1. The molecule has 1 saturated heterocycles. The summed E-state index contributed by atoms with van der Waals surface area (Å²) in [5, 5.41) is 11.0. The number of hydrogen-bond acceptors (Lipinski definition) is 3. The highest BCUT2D eigenvalue weighted by atomic mass is 17.2. The van der Waals surface area contributed by atoms with Crippen LogP contribution in [0.1, 0.15) is 0 Å². The number of benzene rings is 1. The molecular formula is C6H6N2O2. The summed E-state index contributed by atoms with van der Waals surface area (Å²) in [4.78, 5) is 3.55. The fraction of sp³-hybridized carbons (Fsp3) is 0. The average molecular weight is 138 g/mol. The van der Waals surface area contributed by atoms with Gasteiger partial charge in [0.15, 0.2) is 5.69 Å². The lowest BCUT2D eigenvalue weighted by molar-refractivity contribution is 0.254. The van der Waals surface area contributed by atoms with Crippen LogP contribution in [0.4, 0.5) is 5.69 Å². The van der Waals surface area contributed by atoms with Crippen molar-refractivity contribution in [1.29, 1.82) is 0 Å². The van der Waals surface area contributed by atoms with E-state index in [1.807, 2.05) is 6.07 Å². The van der Waals surface area contributed by atoms with Gasteiger partial charge in [0, 0.05) is 12.1 Å². The van der Waals surface area contributed by atoms with E-state index in [1.165, 1.54) is 0 Å². The lowest BCUT2D eigenvalue weighted by Crippen LogP contribution is -2.19. The van der Waals surface area contributed by atoms with Crippen LogP contribution < -0.4 is 10.5 Å². The molecule has 0 aromatic heterocycles. The van der Waals surface area contributed by atoms with E-state index in [0.29, 0.717) is 5.69 Å². The van der Waals surface area contributed by atoms with Crippen LogP contribution in [0.15, 0.2) is 30.3 Å². The molecule has 52 valence electrons. The SMILES string of the molecule is [O-][N@@+]1(c2ccccc2)NO1. The smallest absolute Gasteiger partial charge is 0.190 e. The molecule has 0 aliphatic carbocycles. The number of rotatable bonds is 1. The molecule has 1 aliphatic heterocycles. The minimum atomic E-state index is -0.860. The Labute approximate surface area is 57.7 Å². The van der Waals surface area contributed by atoms with E-state index < -0.39 is 4.92 Å². The van der Waals surface area contributed by atoms with Gasteiger partial charge < -0.3 is 5.21 Å². The molecule has 1 aromatic rings. The van der Waals surface area contributed by atoms with Gasteiger partial charge in [-0.05, 0) is 9.86 Å². The van der Waals surface area contributed by atoms with Crippen LogP contribution >= 0.6 is 0 Å². The predicted molar refractivity (Wildman–Crippen MR) is 35.8 cm³/mol. The molecule has 0 bridgehead atoms. The summed E-state index contributed by atoms with van der Waals surface area (Å²) in [6.45, 7) is 0. The Kier molecular flexibility index (Phi) is 1.03. The van der Waals surface area contributed by atoms with E-state index >= 15 is 0 Å². The maximum Gasteiger partial charge on any atom is 0.190 e. The number of nitrogens with zero attached hydrogens (tertiary/aromatic N) is 1. The van der Waals surface area contributed by atoms with Gasteiger partial charge in [-0.1, -0.05) is 18.2 Å².